The Hall–Kier alpha value is -2.27. The number of amides is 2. The number of nitrogens with zero attached hydrogens (tertiary/aromatic N) is 1. The summed E-state index contributed by atoms with van der Waals surface area (Å²) in [6, 6.07) is 10.6. The first-order chi connectivity index (χ1) is 10.6. The van der Waals surface area contributed by atoms with Crippen molar-refractivity contribution in [3.63, 3.8) is 0 Å². The Labute approximate surface area is 133 Å². The second kappa shape index (κ2) is 7.66. The van der Waals surface area contributed by atoms with E-state index in [-0.39, 0.29) is 18.2 Å². The van der Waals surface area contributed by atoms with E-state index in [0.29, 0.717) is 29.6 Å². The van der Waals surface area contributed by atoms with Crippen molar-refractivity contribution < 1.29 is 14.0 Å². The van der Waals surface area contributed by atoms with E-state index in [9.17, 15) is 9.59 Å². The Kier molecular flexibility index (Phi) is 5.61. The number of para-hydroxylation sites is 1. The summed E-state index contributed by atoms with van der Waals surface area (Å²) in [5.41, 5.74) is 0.564. The van der Waals surface area contributed by atoms with Gasteiger partial charge in [0.2, 0.25) is 11.8 Å². The fourth-order valence-corrected chi connectivity index (χ4v) is 2.13. The van der Waals surface area contributed by atoms with Crippen LogP contribution in [0.4, 0.5) is 5.69 Å². The molecular formula is C16H17ClN2O3. The average molecular weight is 321 g/mol. The molecule has 2 amide bonds. The molecule has 0 saturated heterocycles. The third-order valence-corrected chi connectivity index (χ3v) is 3.46. The van der Waals surface area contributed by atoms with Gasteiger partial charge in [0.25, 0.3) is 0 Å². The van der Waals surface area contributed by atoms with Crippen LogP contribution in [0, 0.1) is 0 Å². The van der Waals surface area contributed by atoms with Crippen LogP contribution in [0.2, 0.25) is 5.02 Å². The summed E-state index contributed by atoms with van der Waals surface area (Å²) in [6.07, 6.45) is 1.74. The number of carbonyl (C=O) groups excluding carboxylic acids is 2. The first kappa shape index (κ1) is 16.1. The molecule has 22 heavy (non-hydrogen) atoms. The minimum absolute atomic E-state index is 0.109. The van der Waals surface area contributed by atoms with E-state index >= 15 is 0 Å². The summed E-state index contributed by atoms with van der Waals surface area (Å²) in [4.78, 5) is 25.2. The van der Waals surface area contributed by atoms with Crippen LogP contribution in [0.5, 0.6) is 0 Å². The van der Waals surface area contributed by atoms with Gasteiger partial charge in [-0.25, -0.2) is 0 Å². The summed E-state index contributed by atoms with van der Waals surface area (Å²) in [5.74, 6) is 0.377. The van der Waals surface area contributed by atoms with Crippen molar-refractivity contribution in [3.8, 4) is 0 Å². The van der Waals surface area contributed by atoms with Crippen LogP contribution in [0.15, 0.2) is 47.1 Å². The number of benzene rings is 1. The molecule has 1 aromatic carbocycles. The molecule has 0 atom stereocenters. The van der Waals surface area contributed by atoms with Gasteiger partial charge in [-0.3, -0.25) is 9.59 Å². The highest BCUT2D eigenvalue weighted by molar-refractivity contribution is 6.33. The van der Waals surface area contributed by atoms with Crippen molar-refractivity contribution in [2.24, 2.45) is 0 Å². The predicted octanol–water partition coefficient (Wildman–Crippen LogP) is 3.31. The molecule has 0 aliphatic heterocycles. The fourth-order valence-electron chi connectivity index (χ4n) is 1.95. The number of hydrogen-bond acceptors (Lipinski definition) is 3. The largest absolute Gasteiger partial charge is 0.467 e. The van der Waals surface area contributed by atoms with Gasteiger partial charge in [0, 0.05) is 19.9 Å². The van der Waals surface area contributed by atoms with Gasteiger partial charge in [0.05, 0.1) is 23.5 Å². The molecule has 5 nitrogen and oxygen atoms in total. The van der Waals surface area contributed by atoms with E-state index in [2.05, 4.69) is 5.32 Å². The number of halogens is 1. The van der Waals surface area contributed by atoms with Crippen LogP contribution < -0.4 is 5.32 Å². The molecule has 0 bridgehead atoms. The lowest BCUT2D eigenvalue weighted by molar-refractivity contribution is -0.130. The van der Waals surface area contributed by atoms with E-state index in [1.807, 2.05) is 0 Å². The maximum atomic E-state index is 12.0. The molecule has 0 aliphatic rings. The fraction of sp³-hybridized carbons (Fsp3) is 0.250. The Morgan fingerprint density at radius 3 is 2.64 bits per heavy atom. The second-order valence-electron chi connectivity index (χ2n) is 4.80. The number of carbonyl (C=O) groups is 2. The average Bonchev–Trinajstić information content (AvgIpc) is 2.98. The molecule has 1 N–H and O–H groups in total. The predicted molar refractivity (Wildman–Crippen MR) is 84.5 cm³/mol. The first-order valence-corrected chi connectivity index (χ1v) is 7.26. The van der Waals surface area contributed by atoms with E-state index in [4.69, 9.17) is 16.0 Å². The minimum atomic E-state index is -0.196. The highest BCUT2D eigenvalue weighted by Crippen LogP contribution is 2.20. The van der Waals surface area contributed by atoms with Gasteiger partial charge in [0.1, 0.15) is 5.76 Å². The smallest absolute Gasteiger partial charge is 0.226 e. The van der Waals surface area contributed by atoms with Crippen molar-refractivity contribution in [1.29, 1.82) is 0 Å². The molecule has 6 heteroatoms. The molecule has 0 spiro atoms. The van der Waals surface area contributed by atoms with Crippen LogP contribution in [-0.2, 0) is 16.1 Å². The number of hydrogen-bond donors (Lipinski definition) is 1. The van der Waals surface area contributed by atoms with Crippen molar-refractivity contribution in [2.75, 3.05) is 11.9 Å². The standard InChI is InChI=1S/C16H17ClN2O3/c1-12(20)19(11-13-5-4-10-22-13)9-8-16(21)18-15-7-3-2-6-14(15)17/h2-7,10H,8-9,11H2,1H3,(H,18,21). The Morgan fingerprint density at radius 2 is 2.00 bits per heavy atom. The normalized spacial score (nSPS) is 10.3. The Bertz CT molecular complexity index is 641. The number of rotatable bonds is 6. The topological polar surface area (TPSA) is 62.6 Å². The van der Waals surface area contributed by atoms with E-state index in [0.717, 1.165) is 0 Å². The Morgan fingerprint density at radius 1 is 1.23 bits per heavy atom. The van der Waals surface area contributed by atoms with Crippen LogP contribution in [-0.4, -0.2) is 23.3 Å². The summed E-state index contributed by atoms with van der Waals surface area (Å²) in [6.45, 7) is 2.13. The highest BCUT2D eigenvalue weighted by Gasteiger charge is 2.13. The van der Waals surface area contributed by atoms with E-state index < -0.39 is 0 Å². The first-order valence-electron chi connectivity index (χ1n) is 6.88. The van der Waals surface area contributed by atoms with Crippen LogP contribution in [0.3, 0.4) is 0 Å². The zero-order valence-electron chi connectivity index (χ0n) is 12.2. The molecule has 0 aliphatic carbocycles. The molecule has 2 rings (SSSR count). The quantitative estimate of drug-likeness (QED) is 0.888. The van der Waals surface area contributed by atoms with Crippen molar-refractivity contribution >= 4 is 29.1 Å². The van der Waals surface area contributed by atoms with Gasteiger partial charge in [-0.15, -0.1) is 0 Å². The number of nitrogens with one attached hydrogen (secondary N) is 1. The van der Waals surface area contributed by atoms with Crippen molar-refractivity contribution in [3.05, 3.63) is 53.4 Å². The Balaban J connectivity index is 1.88. The van der Waals surface area contributed by atoms with Crippen LogP contribution in [0.1, 0.15) is 19.1 Å². The summed E-state index contributed by atoms with van der Waals surface area (Å²) in [7, 11) is 0. The second-order valence-corrected chi connectivity index (χ2v) is 5.21. The van der Waals surface area contributed by atoms with E-state index in [1.54, 1.807) is 47.6 Å². The van der Waals surface area contributed by atoms with Gasteiger partial charge in [-0.2, -0.15) is 0 Å². The number of furan rings is 1. The molecule has 0 radical (unpaired) electrons. The monoisotopic (exact) mass is 320 g/mol. The summed E-state index contributed by atoms with van der Waals surface area (Å²) in [5, 5.41) is 3.21. The summed E-state index contributed by atoms with van der Waals surface area (Å²) < 4.78 is 5.22. The lowest BCUT2D eigenvalue weighted by Crippen LogP contribution is -2.31. The third-order valence-electron chi connectivity index (χ3n) is 3.13. The van der Waals surface area contributed by atoms with Gasteiger partial charge in [-0.05, 0) is 24.3 Å². The molecule has 2 aromatic rings. The maximum absolute atomic E-state index is 12.0. The lowest BCUT2D eigenvalue weighted by Gasteiger charge is -2.19. The highest BCUT2D eigenvalue weighted by atomic mass is 35.5. The van der Waals surface area contributed by atoms with E-state index in [1.165, 1.54) is 6.92 Å². The maximum Gasteiger partial charge on any atom is 0.226 e. The van der Waals surface area contributed by atoms with Gasteiger partial charge < -0.3 is 14.6 Å². The summed E-state index contributed by atoms with van der Waals surface area (Å²) >= 11 is 5.98. The minimum Gasteiger partial charge on any atom is -0.467 e. The van der Waals surface area contributed by atoms with Gasteiger partial charge in [-0.1, -0.05) is 23.7 Å². The zero-order chi connectivity index (χ0) is 15.9. The van der Waals surface area contributed by atoms with Crippen molar-refractivity contribution in [1.82, 2.24) is 4.90 Å². The molecule has 0 fully saturated rings. The molecular weight excluding hydrogens is 304 g/mol. The molecule has 1 heterocycles. The van der Waals surface area contributed by atoms with Crippen LogP contribution in [0.25, 0.3) is 0 Å². The number of anilines is 1. The third kappa shape index (κ3) is 4.63. The SMILES string of the molecule is CC(=O)N(CCC(=O)Nc1ccccc1Cl)Cc1ccco1. The van der Waals surface area contributed by atoms with Gasteiger partial charge in [0.15, 0.2) is 0 Å². The lowest BCUT2D eigenvalue weighted by atomic mass is 10.3. The molecule has 0 saturated carbocycles. The molecule has 1 aromatic heterocycles. The molecule has 0 unspecified atom stereocenters. The van der Waals surface area contributed by atoms with Gasteiger partial charge >= 0.3 is 0 Å². The molecule has 116 valence electrons. The van der Waals surface area contributed by atoms with Crippen molar-refractivity contribution in [2.45, 2.75) is 19.9 Å². The van der Waals surface area contributed by atoms with Crippen LogP contribution >= 0.6 is 11.6 Å². The zero-order valence-corrected chi connectivity index (χ0v) is 13.0.